The SMILES string of the molecule is Cc1ccc(-c2cncnn2)cc1. The first-order chi connectivity index (χ1) is 6.36. The largest absolute Gasteiger partial charge is 0.241 e. The van der Waals surface area contributed by atoms with E-state index in [4.69, 9.17) is 0 Å². The molecule has 1 heterocycles. The van der Waals surface area contributed by atoms with E-state index in [1.54, 1.807) is 6.20 Å². The Morgan fingerprint density at radius 2 is 1.85 bits per heavy atom. The Balaban J connectivity index is 2.42. The van der Waals surface area contributed by atoms with Crippen molar-refractivity contribution in [1.29, 1.82) is 0 Å². The van der Waals surface area contributed by atoms with Gasteiger partial charge in [-0.1, -0.05) is 29.8 Å². The van der Waals surface area contributed by atoms with Crippen LogP contribution in [0.1, 0.15) is 5.56 Å². The van der Waals surface area contributed by atoms with Gasteiger partial charge in [-0.3, -0.25) is 0 Å². The zero-order valence-corrected chi connectivity index (χ0v) is 7.31. The van der Waals surface area contributed by atoms with Gasteiger partial charge in [0.2, 0.25) is 0 Å². The summed E-state index contributed by atoms with van der Waals surface area (Å²) in [6.07, 6.45) is 3.13. The maximum atomic E-state index is 3.97. The van der Waals surface area contributed by atoms with Gasteiger partial charge in [-0.15, -0.1) is 10.2 Å². The Hall–Kier alpha value is -1.77. The summed E-state index contributed by atoms with van der Waals surface area (Å²) in [5, 5.41) is 7.69. The lowest BCUT2D eigenvalue weighted by atomic mass is 10.1. The normalized spacial score (nSPS) is 9.92. The molecular weight excluding hydrogens is 162 g/mol. The highest BCUT2D eigenvalue weighted by Crippen LogP contribution is 2.14. The van der Waals surface area contributed by atoms with E-state index in [0.29, 0.717) is 0 Å². The second kappa shape index (κ2) is 3.31. The molecule has 3 nitrogen and oxygen atoms in total. The average molecular weight is 171 g/mol. The molecule has 0 radical (unpaired) electrons. The van der Waals surface area contributed by atoms with Gasteiger partial charge in [0, 0.05) is 5.56 Å². The topological polar surface area (TPSA) is 38.7 Å². The minimum Gasteiger partial charge on any atom is -0.241 e. The molecule has 3 heteroatoms. The highest BCUT2D eigenvalue weighted by atomic mass is 15.1. The lowest BCUT2D eigenvalue weighted by Gasteiger charge is -1.98. The van der Waals surface area contributed by atoms with Crippen LogP contribution in [-0.4, -0.2) is 15.2 Å². The second-order valence-electron chi connectivity index (χ2n) is 2.86. The summed E-state index contributed by atoms with van der Waals surface area (Å²) in [6.45, 7) is 2.05. The van der Waals surface area contributed by atoms with E-state index in [0.717, 1.165) is 11.3 Å². The average Bonchev–Trinajstić information content (AvgIpc) is 2.20. The van der Waals surface area contributed by atoms with E-state index >= 15 is 0 Å². The van der Waals surface area contributed by atoms with Crippen molar-refractivity contribution in [3.8, 4) is 11.3 Å². The van der Waals surface area contributed by atoms with Gasteiger partial charge in [0.1, 0.15) is 12.0 Å². The smallest absolute Gasteiger partial charge is 0.138 e. The molecule has 0 amide bonds. The lowest BCUT2D eigenvalue weighted by Crippen LogP contribution is -1.87. The summed E-state index contributed by atoms with van der Waals surface area (Å²) < 4.78 is 0. The van der Waals surface area contributed by atoms with Gasteiger partial charge in [0.15, 0.2) is 0 Å². The lowest BCUT2D eigenvalue weighted by molar-refractivity contribution is 0.976. The van der Waals surface area contributed by atoms with Crippen LogP contribution in [0.15, 0.2) is 36.8 Å². The van der Waals surface area contributed by atoms with Gasteiger partial charge in [0.05, 0.1) is 6.20 Å². The predicted molar refractivity (Wildman–Crippen MR) is 50.0 cm³/mol. The van der Waals surface area contributed by atoms with Crippen molar-refractivity contribution in [3.63, 3.8) is 0 Å². The van der Waals surface area contributed by atoms with Gasteiger partial charge < -0.3 is 0 Å². The molecule has 0 aliphatic rings. The number of benzene rings is 1. The van der Waals surface area contributed by atoms with Gasteiger partial charge in [-0.25, -0.2) is 4.98 Å². The maximum Gasteiger partial charge on any atom is 0.138 e. The standard InChI is InChI=1S/C10H9N3/c1-8-2-4-9(5-3-8)10-6-11-7-12-13-10/h2-7H,1H3. The first-order valence-electron chi connectivity index (χ1n) is 4.06. The van der Waals surface area contributed by atoms with Crippen LogP contribution in [0.3, 0.4) is 0 Å². The Kier molecular flexibility index (Phi) is 2.00. The molecule has 0 saturated carbocycles. The molecule has 13 heavy (non-hydrogen) atoms. The molecule has 0 fully saturated rings. The number of hydrogen-bond donors (Lipinski definition) is 0. The molecule has 0 atom stereocenters. The van der Waals surface area contributed by atoms with Gasteiger partial charge in [0.25, 0.3) is 0 Å². The third kappa shape index (κ3) is 1.69. The molecule has 0 aliphatic heterocycles. The molecule has 0 bridgehead atoms. The number of rotatable bonds is 1. The van der Waals surface area contributed by atoms with Crippen molar-refractivity contribution in [1.82, 2.24) is 15.2 Å². The highest BCUT2D eigenvalue weighted by molar-refractivity contribution is 5.57. The van der Waals surface area contributed by atoms with Gasteiger partial charge >= 0.3 is 0 Å². The summed E-state index contributed by atoms with van der Waals surface area (Å²) in [4.78, 5) is 3.91. The van der Waals surface area contributed by atoms with E-state index in [9.17, 15) is 0 Å². The van der Waals surface area contributed by atoms with E-state index in [1.807, 2.05) is 24.3 Å². The third-order valence-corrected chi connectivity index (χ3v) is 1.83. The van der Waals surface area contributed by atoms with Crippen LogP contribution in [0, 0.1) is 6.92 Å². The zero-order chi connectivity index (χ0) is 9.10. The first kappa shape index (κ1) is 7.86. The molecule has 0 saturated heterocycles. The minimum atomic E-state index is 0.808. The summed E-state index contributed by atoms with van der Waals surface area (Å²) in [5.41, 5.74) is 3.09. The number of nitrogens with zero attached hydrogens (tertiary/aromatic N) is 3. The van der Waals surface area contributed by atoms with Crippen molar-refractivity contribution in [2.75, 3.05) is 0 Å². The number of aryl methyl sites for hydroxylation is 1. The van der Waals surface area contributed by atoms with Crippen LogP contribution in [0.25, 0.3) is 11.3 Å². The Morgan fingerprint density at radius 1 is 1.08 bits per heavy atom. The van der Waals surface area contributed by atoms with Gasteiger partial charge in [-0.05, 0) is 6.92 Å². The zero-order valence-electron chi connectivity index (χ0n) is 7.31. The van der Waals surface area contributed by atoms with Crippen LogP contribution in [-0.2, 0) is 0 Å². The molecule has 64 valence electrons. The van der Waals surface area contributed by atoms with E-state index in [-0.39, 0.29) is 0 Å². The molecular formula is C10H9N3. The molecule has 0 unspecified atom stereocenters. The summed E-state index contributed by atoms with van der Waals surface area (Å²) >= 11 is 0. The van der Waals surface area contributed by atoms with Crippen molar-refractivity contribution in [2.24, 2.45) is 0 Å². The van der Waals surface area contributed by atoms with Crippen LogP contribution in [0.4, 0.5) is 0 Å². The van der Waals surface area contributed by atoms with Crippen LogP contribution in [0.2, 0.25) is 0 Å². The van der Waals surface area contributed by atoms with Crippen molar-refractivity contribution in [2.45, 2.75) is 6.92 Å². The molecule has 0 N–H and O–H groups in total. The number of hydrogen-bond acceptors (Lipinski definition) is 3. The fourth-order valence-electron chi connectivity index (χ4n) is 1.10. The molecule has 2 aromatic rings. The highest BCUT2D eigenvalue weighted by Gasteiger charge is 1.97. The van der Waals surface area contributed by atoms with E-state index < -0.39 is 0 Å². The predicted octanol–water partition coefficient (Wildman–Crippen LogP) is 1.85. The summed E-state index contributed by atoms with van der Waals surface area (Å²) in [5.74, 6) is 0. The Bertz CT molecular complexity index is 381. The van der Waals surface area contributed by atoms with Crippen LogP contribution >= 0.6 is 0 Å². The van der Waals surface area contributed by atoms with Crippen molar-refractivity contribution < 1.29 is 0 Å². The maximum absolute atomic E-state index is 3.97. The fraction of sp³-hybridized carbons (Fsp3) is 0.100. The van der Waals surface area contributed by atoms with Crippen molar-refractivity contribution >= 4 is 0 Å². The second-order valence-corrected chi connectivity index (χ2v) is 2.86. The Labute approximate surface area is 76.5 Å². The minimum absolute atomic E-state index is 0.808. The Morgan fingerprint density at radius 3 is 2.46 bits per heavy atom. The van der Waals surface area contributed by atoms with E-state index in [1.165, 1.54) is 11.9 Å². The van der Waals surface area contributed by atoms with Gasteiger partial charge in [-0.2, -0.15) is 0 Å². The molecule has 1 aromatic heterocycles. The number of aromatic nitrogens is 3. The summed E-state index contributed by atoms with van der Waals surface area (Å²) in [6, 6.07) is 8.12. The first-order valence-corrected chi connectivity index (χ1v) is 4.06. The quantitative estimate of drug-likeness (QED) is 0.657. The molecule has 2 rings (SSSR count). The summed E-state index contributed by atoms with van der Waals surface area (Å²) in [7, 11) is 0. The van der Waals surface area contributed by atoms with Crippen molar-refractivity contribution in [3.05, 3.63) is 42.4 Å². The van der Waals surface area contributed by atoms with Crippen LogP contribution < -0.4 is 0 Å². The fourth-order valence-corrected chi connectivity index (χ4v) is 1.10. The molecule has 0 spiro atoms. The molecule has 1 aromatic carbocycles. The monoisotopic (exact) mass is 171 g/mol. The van der Waals surface area contributed by atoms with E-state index in [2.05, 4.69) is 22.1 Å². The molecule has 0 aliphatic carbocycles. The van der Waals surface area contributed by atoms with Crippen LogP contribution in [0.5, 0.6) is 0 Å². The third-order valence-electron chi connectivity index (χ3n) is 1.83.